The van der Waals surface area contributed by atoms with Crippen molar-refractivity contribution < 1.29 is 39.2 Å². The van der Waals surface area contributed by atoms with E-state index in [0.29, 0.717) is 31.3 Å². The Balaban J connectivity index is 2.59. The predicted octanol–water partition coefficient (Wildman–Crippen LogP) is 2.08. The van der Waals surface area contributed by atoms with Gasteiger partial charge >= 0.3 is 11.9 Å². The molecule has 0 radical (unpaired) electrons. The molecule has 0 spiro atoms. The largest absolute Gasteiger partial charge is 0.465 e. The highest BCUT2D eigenvalue weighted by Crippen LogP contribution is 2.60. The van der Waals surface area contributed by atoms with E-state index in [-0.39, 0.29) is 25.4 Å². The molecule has 2 aliphatic carbocycles. The molecule has 0 heterocycles. The minimum Gasteiger partial charge on any atom is -0.465 e. The average Bonchev–Trinajstić information content (AvgIpc) is 2.67. The maximum Gasteiger partial charge on any atom is 0.303 e. The van der Waals surface area contributed by atoms with Gasteiger partial charge in [-0.15, -0.1) is 0 Å². The second-order valence-electron chi connectivity index (χ2n) is 10.2. The molecule has 2 aliphatic rings. The van der Waals surface area contributed by atoms with Gasteiger partial charge in [0.15, 0.2) is 11.9 Å². The second kappa shape index (κ2) is 9.61. The normalized spacial score (nSPS) is 34.5. The van der Waals surface area contributed by atoms with E-state index < -0.39 is 46.5 Å². The Morgan fingerprint density at radius 2 is 1.81 bits per heavy atom. The van der Waals surface area contributed by atoms with E-state index in [1.165, 1.54) is 13.8 Å². The maximum atomic E-state index is 13.4. The summed E-state index contributed by atoms with van der Waals surface area (Å²) in [5, 5.41) is 30.8. The Kier molecular flexibility index (Phi) is 7.95. The average molecular weight is 455 g/mol. The SMILES string of the molecule is CC(=O)OC[C@@]1(C)[C@H](O)CC[C@]2(C)C(CCC(C)(O)CCO)=C(C)C(=O)[C@@H](OC(C)=O)[C@@H]12. The summed E-state index contributed by atoms with van der Waals surface area (Å²) in [6, 6.07) is 0. The van der Waals surface area contributed by atoms with Gasteiger partial charge in [-0.2, -0.15) is 0 Å². The second-order valence-corrected chi connectivity index (χ2v) is 10.2. The van der Waals surface area contributed by atoms with Crippen molar-refractivity contribution in [2.75, 3.05) is 13.2 Å². The van der Waals surface area contributed by atoms with Gasteiger partial charge in [-0.3, -0.25) is 14.4 Å². The van der Waals surface area contributed by atoms with Crippen LogP contribution in [0.1, 0.15) is 73.6 Å². The fourth-order valence-corrected chi connectivity index (χ4v) is 5.79. The molecule has 0 aliphatic heterocycles. The first-order chi connectivity index (χ1) is 14.7. The van der Waals surface area contributed by atoms with Crippen molar-refractivity contribution >= 4 is 17.7 Å². The van der Waals surface area contributed by atoms with Gasteiger partial charge in [0, 0.05) is 31.8 Å². The number of aliphatic hydroxyl groups is 3. The number of hydrogen-bond donors (Lipinski definition) is 3. The van der Waals surface area contributed by atoms with Crippen LogP contribution in [0.3, 0.4) is 0 Å². The van der Waals surface area contributed by atoms with Crippen molar-refractivity contribution in [3.63, 3.8) is 0 Å². The number of fused-ring (bicyclic) bond motifs is 1. The van der Waals surface area contributed by atoms with E-state index in [0.717, 1.165) is 5.57 Å². The fourth-order valence-electron chi connectivity index (χ4n) is 5.79. The zero-order chi connectivity index (χ0) is 24.5. The summed E-state index contributed by atoms with van der Waals surface area (Å²) in [5.74, 6) is -2.04. The number of allylic oxidation sites excluding steroid dienone is 1. The van der Waals surface area contributed by atoms with Crippen LogP contribution in [0.2, 0.25) is 0 Å². The third-order valence-corrected chi connectivity index (χ3v) is 7.61. The van der Waals surface area contributed by atoms with Gasteiger partial charge in [0.2, 0.25) is 0 Å². The molecule has 0 amide bonds. The van der Waals surface area contributed by atoms with Crippen LogP contribution >= 0.6 is 0 Å². The molecule has 8 nitrogen and oxygen atoms in total. The molecule has 182 valence electrons. The Labute approximate surface area is 190 Å². The van der Waals surface area contributed by atoms with E-state index in [9.17, 15) is 29.7 Å². The number of aliphatic hydroxyl groups excluding tert-OH is 2. The highest BCUT2D eigenvalue weighted by Gasteiger charge is 2.63. The molecule has 8 heteroatoms. The first kappa shape index (κ1) is 26.5. The summed E-state index contributed by atoms with van der Waals surface area (Å²) < 4.78 is 10.8. The Morgan fingerprint density at radius 1 is 1.19 bits per heavy atom. The Bertz CT molecular complexity index is 785. The summed E-state index contributed by atoms with van der Waals surface area (Å²) in [6.07, 6.45) is -0.00450. The quantitative estimate of drug-likeness (QED) is 0.475. The Morgan fingerprint density at radius 3 is 2.34 bits per heavy atom. The van der Waals surface area contributed by atoms with E-state index in [1.54, 1.807) is 20.8 Å². The molecule has 0 bridgehead atoms. The summed E-state index contributed by atoms with van der Waals surface area (Å²) in [6.45, 7) is 9.41. The van der Waals surface area contributed by atoms with Crippen molar-refractivity contribution in [2.45, 2.75) is 91.5 Å². The number of esters is 2. The standard InChI is InChI=1S/C24H38O8/c1-14-17(7-9-22(4,30)11-12-25)23(5)10-8-18(28)24(6,13-31-15(2)26)21(23)20(19(14)29)32-16(3)27/h18,20-21,25,28,30H,7-13H2,1-6H3/t18-,20-,21-,22?,23-,24+/m1/s1. The van der Waals surface area contributed by atoms with Crippen molar-refractivity contribution in [3.8, 4) is 0 Å². The molecule has 3 N–H and O–H groups in total. The molecular formula is C24H38O8. The number of ketones is 1. The van der Waals surface area contributed by atoms with Crippen molar-refractivity contribution in [1.82, 2.24) is 0 Å². The smallest absolute Gasteiger partial charge is 0.303 e. The molecule has 0 saturated heterocycles. The molecule has 6 atom stereocenters. The maximum absolute atomic E-state index is 13.4. The minimum absolute atomic E-state index is 0.108. The molecule has 0 aromatic rings. The van der Waals surface area contributed by atoms with E-state index >= 15 is 0 Å². The third kappa shape index (κ3) is 5.07. The first-order valence-electron chi connectivity index (χ1n) is 11.3. The van der Waals surface area contributed by atoms with Crippen LogP contribution in [-0.4, -0.2) is 64.1 Å². The van der Waals surface area contributed by atoms with E-state index in [2.05, 4.69) is 0 Å². The first-order valence-corrected chi connectivity index (χ1v) is 11.3. The lowest BCUT2D eigenvalue weighted by Gasteiger charge is -2.58. The number of rotatable bonds is 8. The summed E-state index contributed by atoms with van der Waals surface area (Å²) in [5.41, 5.74) is -1.38. The molecule has 2 rings (SSSR count). The van der Waals surface area contributed by atoms with Crippen LogP contribution in [0.4, 0.5) is 0 Å². The molecule has 1 fully saturated rings. The predicted molar refractivity (Wildman–Crippen MR) is 116 cm³/mol. The number of Topliss-reactive ketones (excluding diaryl/α,β-unsaturated/α-hetero) is 1. The van der Waals surface area contributed by atoms with Crippen molar-refractivity contribution in [2.24, 2.45) is 16.7 Å². The number of carbonyl (C=O) groups is 3. The summed E-state index contributed by atoms with van der Waals surface area (Å²) in [7, 11) is 0. The van der Waals surface area contributed by atoms with Gasteiger partial charge in [-0.05, 0) is 56.9 Å². The topological polar surface area (TPSA) is 130 Å². The lowest BCUT2D eigenvalue weighted by Crippen LogP contribution is -2.63. The number of carbonyl (C=O) groups excluding carboxylic acids is 3. The van der Waals surface area contributed by atoms with Gasteiger partial charge in [0.1, 0.15) is 0 Å². The van der Waals surface area contributed by atoms with Gasteiger partial charge in [0.25, 0.3) is 0 Å². The van der Waals surface area contributed by atoms with Crippen LogP contribution in [-0.2, 0) is 23.9 Å². The molecule has 0 aromatic carbocycles. The lowest BCUT2D eigenvalue weighted by atomic mass is 9.47. The zero-order valence-corrected chi connectivity index (χ0v) is 20.1. The number of hydrogen-bond acceptors (Lipinski definition) is 8. The summed E-state index contributed by atoms with van der Waals surface area (Å²) >= 11 is 0. The van der Waals surface area contributed by atoms with Crippen LogP contribution in [0.15, 0.2) is 11.1 Å². The lowest BCUT2D eigenvalue weighted by molar-refractivity contribution is -0.192. The fraction of sp³-hybridized carbons (Fsp3) is 0.792. The zero-order valence-electron chi connectivity index (χ0n) is 20.1. The van der Waals surface area contributed by atoms with E-state index in [4.69, 9.17) is 9.47 Å². The monoisotopic (exact) mass is 454 g/mol. The van der Waals surface area contributed by atoms with Crippen molar-refractivity contribution in [3.05, 3.63) is 11.1 Å². The molecular weight excluding hydrogens is 416 g/mol. The van der Waals surface area contributed by atoms with Gasteiger partial charge in [-0.25, -0.2) is 0 Å². The van der Waals surface area contributed by atoms with Crippen molar-refractivity contribution in [1.29, 1.82) is 0 Å². The molecule has 0 aromatic heterocycles. The molecule has 32 heavy (non-hydrogen) atoms. The third-order valence-electron chi connectivity index (χ3n) is 7.61. The van der Waals surface area contributed by atoms with Crippen LogP contribution in [0.25, 0.3) is 0 Å². The van der Waals surface area contributed by atoms with Crippen LogP contribution in [0.5, 0.6) is 0 Å². The highest BCUT2D eigenvalue weighted by molar-refractivity contribution is 6.01. The van der Waals surface area contributed by atoms with Crippen LogP contribution in [0, 0.1) is 16.7 Å². The summed E-state index contributed by atoms with van der Waals surface area (Å²) in [4.78, 5) is 36.9. The minimum atomic E-state index is -1.10. The van der Waals surface area contributed by atoms with E-state index in [1.807, 2.05) is 6.92 Å². The molecule has 1 unspecified atom stereocenters. The molecule has 1 saturated carbocycles. The number of ether oxygens (including phenoxy) is 2. The van der Waals surface area contributed by atoms with Crippen LogP contribution < -0.4 is 0 Å². The van der Waals surface area contributed by atoms with Gasteiger partial charge < -0.3 is 24.8 Å². The highest BCUT2D eigenvalue weighted by atomic mass is 16.5. The Hall–Kier alpha value is -1.77. The van der Waals surface area contributed by atoms with Gasteiger partial charge in [0.05, 0.1) is 18.3 Å². The van der Waals surface area contributed by atoms with Gasteiger partial charge in [-0.1, -0.05) is 19.4 Å².